The number of rotatable bonds is 5. The lowest BCUT2D eigenvalue weighted by molar-refractivity contribution is -0.385. The van der Waals surface area contributed by atoms with E-state index in [0.29, 0.717) is 18.7 Å². The maximum absolute atomic E-state index is 12.4. The average Bonchev–Trinajstić information content (AvgIpc) is 2.72. The second-order valence-corrected chi connectivity index (χ2v) is 6.16. The zero-order chi connectivity index (χ0) is 19.2. The minimum Gasteiger partial charge on any atom is -0.497 e. The number of hydrogen-bond donors (Lipinski definition) is 0. The first-order valence-electron chi connectivity index (χ1n) is 8.68. The number of piperazine rings is 1. The van der Waals surface area contributed by atoms with Gasteiger partial charge in [0.25, 0.3) is 5.69 Å². The highest BCUT2D eigenvalue weighted by Gasteiger charge is 2.20. The van der Waals surface area contributed by atoms with Crippen molar-refractivity contribution in [2.45, 2.75) is 0 Å². The monoisotopic (exact) mass is 367 g/mol. The Morgan fingerprint density at radius 3 is 2.37 bits per heavy atom. The van der Waals surface area contributed by atoms with Gasteiger partial charge >= 0.3 is 0 Å². The van der Waals surface area contributed by atoms with Gasteiger partial charge in [-0.1, -0.05) is 12.1 Å². The van der Waals surface area contributed by atoms with Crippen LogP contribution in [-0.2, 0) is 4.79 Å². The number of nitro benzene ring substituents is 1. The van der Waals surface area contributed by atoms with Crippen LogP contribution in [0.3, 0.4) is 0 Å². The zero-order valence-electron chi connectivity index (χ0n) is 15.1. The van der Waals surface area contributed by atoms with Gasteiger partial charge in [-0.2, -0.15) is 0 Å². The summed E-state index contributed by atoms with van der Waals surface area (Å²) in [6.07, 6.45) is 2.92. The molecule has 7 nitrogen and oxygen atoms in total. The van der Waals surface area contributed by atoms with Crippen LogP contribution in [0.25, 0.3) is 6.08 Å². The molecule has 1 fully saturated rings. The van der Waals surface area contributed by atoms with Crippen molar-refractivity contribution in [2.24, 2.45) is 0 Å². The topological polar surface area (TPSA) is 75.9 Å². The van der Waals surface area contributed by atoms with Crippen LogP contribution in [0.4, 0.5) is 11.4 Å². The van der Waals surface area contributed by atoms with Crippen LogP contribution in [0.1, 0.15) is 5.56 Å². The van der Waals surface area contributed by atoms with Crippen LogP contribution >= 0.6 is 0 Å². The van der Waals surface area contributed by atoms with Crippen molar-refractivity contribution in [3.05, 3.63) is 70.3 Å². The largest absolute Gasteiger partial charge is 0.497 e. The summed E-state index contributed by atoms with van der Waals surface area (Å²) < 4.78 is 5.17. The molecule has 2 aromatic carbocycles. The normalized spacial score (nSPS) is 14.4. The number of para-hydroxylation sites is 1. The van der Waals surface area contributed by atoms with E-state index in [-0.39, 0.29) is 11.6 Å². The van der Waals surface area contributed by atoms with Gasteiger partial charge in [-0.3, -0.25) is 14.9 Å². The third-order valence-electron chi connectivity index (χ3n) is 4.57. The summed E-state index contributed by atoms with van der Waals surface area (Å²) >= 11 is 0. The lowest BCUT2D eigenvalue weighted by Gasteiger charge is -2.35. The van der Waals surface area contributed by atoms with Crippen molar-refractivity contribution < 1.29 is 14.5 Å². The lowest BCUT2D eigenvalue weighted by Crippen LogP contribution is -2.48. The number of carbonyl (C=O) groups excluding carboxylic acids is 1. The highest BCUT2D eigenvalue weighted by Crippen LogP contribution is 2.21. The number of ether oxygens (including phenoxy) is 1. The molecule has 0 atom stereocenters. The molecule has 0 saturated carbocycles. The van der Waals surface area contributed by atoms with Gasteiger partial charge in [0.1, 0.15) is 5.75 Å². The van der Waals surface area contributed by atoms with Gasteiger partial charge < -0.3 is 14.5 Å². The molecule has 3 rings (SSSR count). The van der Waals surface area contributed by atoms with Crippen LogP contribution in [0.15, 0.2) is 54.6 Å². The van der Waals surface area contributed by atoms with E-state index in [1.165, 1.54) is 18.2 Å². The van der Waals surface area contributed by atoms with Crippen molar-refractivity contribution in [3.8, 4) is 5.75 Å². The van der Waals surface area contributed by atoms with E-state index >= 15 is 0 Å². The van der Waals surface area contributed by atoms with Gasteiger partial charge in [-0.25, -0.2) is 0 Å². The Kier molecular flexibility index (Phi) is 5.71. The number of carbonyl (C=O) groups is 1. The summed E-state index contributed by atoms with van der Waals surface area (Å²) in [5.41, 5.74) is 1.51. The maximum Gasteiger partial charge on any atom is 0.276 e. The van der Waals surface area contributed by atoms with E-state index in [1.807, 2.05) is 24.3 Å². The molecule has 0 radical (unpaired) electrons. The second-order valence-electron chi connectivity index (χ2n) is 6.16. The first kappa shape index (κ1) is 18.4. The first-order valence-corrected chi connectivity index (χ1v) is 8.68. The number of nitro groups is 1. The van der Waals surface area contributed by atoms with Gasteiger partial charge in [0.05, 0.1) is 17.6 Å². The lowest BCUT2D eigenvalue weighted by atomic mass is 10.1. The molecule has 0 aromatic heterocycles. The van der Waals surface area contributed by atoms with Crippen molar-refractivity contribution in [2.75, 3.05) is 38.2 Å². The molecule has 1 aliphatic rings. The number of benzene rings is 2. The number of nitrogens with zero attached hydrogens (tertiary/aromatic N) is 3. The van der Waals surface area contributed by atoms with E-state index in [2.05, 4.69) is 4.90 Å². The first-order chi connectivity index (χ1) is 13.1. The molecule has 1 amide bonds. The van der Waals surface area contributed by atoms with Gasteiger partial charge in [0.2, 0.25) is 5.91 Å². The van der Waals surface area contributed by atoms with E-state index in [9.17, 15) is 14.9 Å². The fraction of sp³-hybridized carbons (Fsp3) is 0.250. The number of anilines is 1. The van der Waals surface area contributed by atoms with Crippen LogP contribution in [0, 0.1) is 10.1 Å². The summed E-state index contributed by atoms with van der Waals surface area (Å²) in [5.74, 6) is 0.676. The van der Waals surface area contributed by atoms with Gasteiger partial charge in [-0.15, -0.1) is 0 Å². The Labute approximate surface area is 157 Å². The highest BCUT2D eigenvalue weighted by atomic mass is 16.6. The fourth-order valence-electron chi connectivity index (χ4n) is 3.04. The van der Waals surface area contributed by atoms with Gasteiger partial charge in [0.15, 0.2) is 0 Å². The number of methoxy groups -OCH3 is 1. The van der Waals surface area contributed by atoms with E-state index < -0.39 is 4.92 Å². The Morgan fingerprint density at radius 2 is 1.74 bits per heavy atom. The molecular weight excluding hydrogens is 346 g/mol. The van der Waals surface area contributed by atoms with E-state index in [1.54, 1.807) is 30.2 Å². The molecule has 140 valence electrons. The molecule has 0 aliphatic carbocycles. The van der Waals surface area contributed by atoms with Gasteiger partial charge in [0, 0.05) is 44.0 Å². The molecule has 1 heterocycles. The third kappa shape index (κ3) is 4.44. The summed E-state index contributed by atoms with van der Waals surface area (Å²) in [4.78, 5) is 27.0. The predicted octanol–water partition coefficient (Wildman–Crippen LogP) is 2.97. The van der Waals surface area contributed by atoms with Crippen molar-refractivity contribution in [1.82, 2.24) is 4.90 Å². The maximum atomic E-state index is 12.4. The SMILES string of the molecule is COc1ccc(N2CCN(C(=O)/C=C/c3ccccc3[N+](=O)[O-])CC2)cc1. The Hall–Kier alpha value is -3.35. The molecule has 0 bridgehead atoms. The second kappa shape index (κ2) is 8.35. The molecule has 1 saturated heterocycles. The Balaban J connectivity index is 1.59. The Bertz CT molecular complexity index is 841. The molecule has 2 aromatic rings. The quantitative estimate of drug-likeness (QED) is 0.461. The summed E-state index contributed by atoms with van der Waals surface area (Å²) in [7, 11) is 1.64. The number of hydrogen-bond acceptors (Lipinski definition) is 5. The average molecular weight is 367 g/mol. The highest BCUT2D eigenvalue weighted by molar-refractivity contribution is 5.92. The summed E-state index contributed by atoms with van der Waals surface area (Å²) in [5, 5.41) is 11.0. The van der Waals surface area contributed by atoms with Crippen LogP contribution in [-0.4, -0.2) is 49.0 Å². The van der Waals surface area contributed by atoms with E-state index in [4.69, 9.17) is 4.74 Å². The van der Waals surface area contributed by atoms with Crippen LogP contribution in [0.5, 0.6) is 5.75 Å². The predicted molar refractivity (Wildman–Crippen MR) is 104 cm³/mol. The molecule has 1 aliphatic heterocycles. The van der Waals surface area contributed by atoms with Crippen molar-refractivity contribution >= 4 is 23.4 Å². The molecule has 0 unspecified atom stereocenters. The fourth-order valence-corrected chi connectivity index (χ4v) is 3.04. The minimum absolute atomic E-state index is 0.00845. The van der Waals surface area contributed by atoms with Crippen LogP contribution < -0.4 is 9.64 Å². The zero-order valence-corrected chi connectivity index (χ0v) is 15.1. The minimum atomic E-state index is -0.447. The molecular formula is C20H21N3O4. The van der Waals surface area contributed by atoms with Crippen LogP contribution in [0.2, 0.25) is 0 Å². The summed E-state index contributed by atoms with van der Waals surface area (Å²) in [6.45, 7) is 2.67. The van der Waals surface area contributed by atoms with E-state index in [0.717, 1.165) is 24.5 Å². The molecule has 27 heavy (non-hydrogen) atoms. The standard InChI is InChI=1S/C20H21N3O4/c1-27-18-9-7-17(8-10-18)21-12-14-22(15-13-21)20(24)11-6-16-4-2-3-5-19(16)23(25)26/h2-11H,12-15H2,1H3/b11-6+. The molecule has 7 heteroatoms. The summed E-state index contributed by atoms with van der Waals surface area (Å²) in [6, 6.07) is 14.2. The molecule has 0 spiro atoms. The van der Waals surface area contributed by atoms with Crippen molar-refractivity contribution in [3.63, 3.8) is 0 Å². The number of amides is 1. The third-order valence-corrected chi connectivity index (χ3v) is 4.57. The smallest absolute Gasteiger partial charge is 0.276 e. The molecule has 0 N–H and O–H groups in total. The van der Waals surface area contributed by atoms with Gasteiger partial charge in [-0.05, 0) is 36.4 Å². The Morgan fingerprint density at radius 1 is 1.07 bits per heavy atom. The van der Waals surface area contributed by atoms with Crippen molar-refractivity contribution in [1.29, 1.82) is 0 Å².